The first-order valence-electron chi connectivity index (χ1n) is 3.04. The van der Waals surface area contributed by atoms with E-state index in [2.05, 4.69) is 9.24 Å². The molecule has 0 fully saturated rings. The first-order chi connectivity index (χ1) is 4.59. The van der Waals surface area contributed by atoms with Gasteiger partial charge in [0, 0.05) is 11.3 Å². The van der Waals surface area contributed by atoms with E-state index in [-0.39, 0.29) is 5.52 Å². The lowest BCUT2D eigenvalue weighted by Crippen LogP contribution is -1.98. The Balaban J connectivity index is 4.28. The van der Waals surface area contributed by atoms with Crippen molar-refractivity contribution >= 4 is 26.5 Å². The normalized spacial score (nSPS) is 9.20. The number of hydrogen-bond acceptors (Lipinski definition) is 2. The number of thioether (sulfide) groups is 1. The third-order valence-electron chi connectivity index (χ3n) is 1.19. The topological polar surface area (TPSA) is 17.1 Å². The van der Waals surface area contributed by atoms with Crippen LogP contribution in [0, 0.1) is 0 Å². The number of allylic oxidation sites excluding steroid dienone is 1. The highest BCUT2D eigenvalue weighted by atomic mass is 32.2. The lowest BCUT2D eigenvalue weighted by molar-refractivity contribution is -0.107. The van der Waals surface area contributed by atoms with E-state index in [9.17, 15) is 4.79 Å². The molecule has 0 aliphatic rings. The summed E-state index contributed by atoms with van der Waals surface area (Å²) in [6.07, 6.45) is 2.00. The Bertz CT molecular complexity index is 159. The monoisotopic (exact) mass is 176 g/mol. The molecule has 1 nitrogen and oxygen atoms in total. The summed E-state index contributed by atoms with van der Waals surface area (Å²) < 4.78 is 0. The van der Waals surface area contributed by atoms with Crippen LogP contribution in [0.5, 0.6) is 0 Å². The molecule has 1 unspecified atom stereocenters. The molecular weight excluding hydrogens is 163 g/mol. The van der Waals surface area contributed by atoms with Gasteiger partial charge in [-0.15, -0.1) is 0 Å². The van der Waals surface area contributed by atoms with Gasteiger partial charge in [0.25, 0.3) is 0 Å². The van der Waals surface area contributed by atoms with Crippen LogP contribution in [0.3, 0.4) is 0 Å². The fourth-order valence-electron chi connectivity index (χ4n) is 0.606. The van der Waals surface area contributed by atoms with E-state index in [0.717, 1.165) is 16.9 Å². The van der Waals surface area contributed by atoms with Gasteiger partial charge in [-0.05, 0) is 20.1 Å². The van der Waals surface area contributed by atoms with Crippen molar-refractivity contribution in [2.45, 2.75) is 13.8 Å². The van der Waals surface area contributed by atoms with Gasteiger partial charge in [0.15, 0.2) is 5.52 Å². The van der Waals surface area contributed by atoms with Crippen molar-refractivity contribution in [2.75, 3.05) is 12.0 Å². The molecule has 0 aromatic carbocycles. The van der Waals surface area contributed by atoms with E-state index in [1.807, 2.05) is 20.1 Å². The van der Waals surface area contributed by atoms with E-state index in [1.54, 1.807) is 11.8 Å². The van der Waals surface area contributed by atoms with E-state index >= 15 is 0 Å². The molecule has 1 atom stereocenters. The largest absolute Gasteiger partial charge is 0.290 e. The van der Waals surface area contributed by atoms with Gasteiger partial charge in [-0.25, -0.2) is 0 Å². The minimum atomic E-state index is 0.120. The minimum absolute atomic E-state index is 0.120. The standard InChI is InChI=1S/C7H13OPS/c1-5(2)6(4-10-3)7(8)9/h4,9H2,1-3H3. The third kappa shape index (κ3) is 3.38. The Hall–Kier alpha value is 0.190. The Morgan fingerprint density at radius 1 is 1.50 bits per heavy atom. The summed E-state index contributed by atoms with van der Waals surface area (Å²) in [7, 11) is 2.21. The molecule has 0 N–H and O–H groups in total. The Labute approximate surface area is 68.9 Å². The lowest BCUT2D eigenvalue weighted by Gasteiger charge is -2.02. The smallest absolute Gasteiger partial charge is 0.174 e. The van der Waals surface area contributed by atoms with Crippen molar-refractivity contribution in [3.05, 3.63) is 11.1 Å². The van der Waals surface area contributed by atoms with Crippen LogP contribution in [0.4, 0.5) is 0 Å². The number of carbonyl (C=O) groups excluding carboxylic acids is 1. The highest BCUT2D eigenvalue weighted by Crippen LogP contribution is 2.13. The fraction of sp³-hybridized carbons (Fsp3) is 0.571. The summed E-state index contributed by atoms with van der Waals surface area (Å²) in [6, 6.07) is 0. The molecule has 3 heteroatoms. The van der Waals surface area contributed by atoms with Crippen molar-refractivity contribution in [1.82, 2.24) is 0 Å². The van der Waals surface area contributed by atoms with Crippen LogP contribution < -0.4 is 0 Å². The molecular formula is C7H13OPS. The second-order valence-corrected chi connectivity index (χ2v) is 3.67. The van der Waals surface area contributed by atoms with Gasteiger partial charge in [0.2, 0.25) is 0 Å². The molecule has 0 bridgehead atoms. The molecule has 0 heterocycles. The van der Waals surface area contributed by atoms with Gasteiger partial charge in [-0.3, -0.25) is 4.79 Å². The molecule has 0 aliphatic heterocycles. The van der Waals surface area contributed by atoms with Crippen LogP contribution in [0.25, 0.3) is 0 Å². The van der Waals surface area contributed by atoms with E-state index in [1.165, 1.54) is 0 Å². The zero-order valence-corrected chi connectivity index (χ0v) is 8.57. The third-order valence-corrected chi connectivity index (χ3v) is 2.12. The number of hydrogen-bond donors (Lipinski definition) is 0. The quantitative estimate of drug-likeness (QED) is 0.484. The molecule has 0 aromatic heterocycles. The van der Waals surface area contributed by atoms with Gasteiger partial charge < -0.3 is 0 Å². The van der Waals surface area contributed by atoms with Gasteiger partial charge in [0.05, 0.1) is 0 Å². The summed E-state index contributed by atoms with van der Waals surface area (Å²) in [5, 5.41) is 0. The SMILES string of the molecule is CSCC(C(=O)P)=C(C)C. The van der Waals surface area contributed by atoms with Crippen molar-refractivity contribution < 1.29 is 4.79 Å². The average molecular weight is 176 g/mol. The van der Waals surface area contributed by atoms with E-state index in [0.29, 0.717) is 0 Å². The average Bonchev–Trinajstić information content (AvgIpc) is 1.81. The Morgan fingerprint density at radius 3 is 2.10 bits per heavy atom. The molecule has 0 aromatic rings. The van der Waals surface area contributed by atoms with E-state index < -0.39 is 0 Å². The molecule has 0 saturated carbocycles. The van der Waals surface area contributed by atoms with Gasteiger partial charge in [-0.1, -0.05) is 14.8 Å². The maximum Gasteiger partial charge on any atom is 0.174 e. The van der Waals surface area contributed by atoms with Crippen molar-refractivity contribution in [3.63, 3.8) is 0 Å². The summed E-state index contributed by atoms with van der Waals surface area (Å²) >= 11 is 1.67. The molecule has 0 spiro atoms. The highest BCUT2D eigenvalue weighted by Gasteiger charge is 2.03. The molecule has 0 saturated heterocycles. The maximum absolute atomic E-state index is 10.9. The summed E-state index contributed by atoms with van der Waals surface area (Å²) in [5.74, 6) is 0.824. The van der Waals surface area contributed by atoms with Crippen LogP contribution in [-0.4, -0.2) is 17.5 Å². The lowest BCUT2D eigenvalue weighted by atomic mass is 10.2. The predicted octanol–water partition coefficient (Wildman–Crippen LogP) is 2.09. The van der Waals surface area contributed by atoms with Crippen molar-refractivity contribution in [3.8, 4) is 0 Å². The zero-order chi connectivity index (χ0) is 8.15. The summed E-state index contributed by atoms with van der Waals surface area (Å²) in [4.78, 5) is 10.9. The molecule has 0 amide bonds. The second kappa shape index (κ2) is 4.92. The first-order valence-corrected chi connectivity index (χ1v) is 5.01. The molecule has 0 radical (unpaired) electrons. The predicted molar refractivity (Wildman–Crippen MR) is 51.5 cm³/mol. The van der Waals surface area contributed by atoms with Gasteiger partial charge >= 0.3 is 0 Å². The van der Waals surface area contributed by atoms with Crippen LogP contribution in [0.2, 0.25) is 0 Å². The van der Waals surface area contributed by atoms with Crippen molar-refractivity contribution in [2.24, 2.45) is 0 Å². The maximum atomic E-state index is 10.9. The molecule has 0 aliphatic carbocycles. The van der Waals surface area contributed by atoms with Gasteiger partial charge in [0.1, 0.15) is 0 Å². The fourth-order valence-corrected chi connectivity index (χ4v) is 1.86. The molecule has 10 heavy (non-hydrogen) atoms. The summed E-state index contributed by atoms with van der Waals surface area (Å²) in [6.45, 7) is 3.93. The van der Waals surface area contributed by atoms with Crippen LogP contribution >= 0.6 is 21.0 Å². The number of rotatable bonds is 3. The van der Waals surface area contributed by atoms with Gasteiger partial charge in [-0.2, -0.15) is 11.8 Å². The second-order valence-electron chi connectivity index (χ2n) is 2.28. The van der Waals surface area contributed by atoms with Crippen LogP contribution in [0.15, 0.2) is 11.1 Å². The highest BCUT2D eigenvalue weighted by molar-refractivity contribution is 7.98. The van der Waals surface area contributed by atoms with E-state index in [4.69, 9.17) is 0 Å². The summed E-state index contributed by atoms with van der Waals surface area (Å²) in [5.41, 5.74) is 2.17. The van der Waals surface area contributed by atoms with Crippen LogP contribution in [-0.2, 0) is 4.79 Å². The Kier molecular flexibility index (Phi) is 5.02. The number of carbonyl (C=O) groups is 1. The minimum Gasteiger partial charge on any atom is -0.290 e. The first kappa shape index (κ1) is 10.2. The van der Waals surface area contributed by atoms with Crippen LogP contribution in [0.1, 0.15) is 13.8 Å². The molecule has 0 rings (SSSR count). The molecule has 58 valence electrons. The van der Waals surface area contributed by atoms with Crippen molar-refractivity contribution in [1.29, 1.82) is 0 Å². The zero-order valence-electron chi connectivity index (χ0n) is 6.60. The Morgan fingerprint density at radius 2 is 2.00 bits per heavy atom.